The average Bonchev–Trinajstić information content (AvgIpc) is 2.32. The van der Waals surface area contributed by atoms with Gasteiger partial charge in [0.1, 0.15) is 0 Å². The molecule has 0 amide bonds. The Hall–Kier alpha value is -1.21. The molecule has 1 aliphatic rings. The molecular formula is C15H19ClN2O. The van der Waals surface area contributed by atoms with E-state index in [9.17, 15) is 0 Å². The summed E-state index contributed by atoms with van der Waals surface area (Å²) in [6.45, 7) is 6.80. The summed E-state index contributed by atoms with van der Waals surface area (Å²) in [6, 6.07) is 5.47. The van der Waals surface area contributed by atoms with Crippen molar-refractivity contribution in [3.8, 4) is 11.8 Å². The number of halogens is 1. The van der Waals surface area contributed by atoms with Crippen LogP contribution < -0.4 is 5.73 Å². The highest BCUT2D eigenvalue weighted by atomic mass is 35.5. The van der Waals surface area contributed by atoms with E-state index < -0.39 is 0 Å². The van der Waals surface area contributed by atoms with Crippen LogP contribution >= 0.6 is 11.6 Å². The van der Waals surface area contributed by atoms with E-state index in [1.807, 2.05) is 6.07 Å². The minimum Gasteiger partial charge on any atom is -0.398 e. The second-order valence-corrected chi connectivity index (χ2v) is 5.40. The third-order valence-corrected chi connectivity index (χ3v) is 3.36. The molecule has 4 heteroatoms. The maximum atomic E-state index is 5.96. The standard InChI is InChI=1S/C15H19ClN2O/c1-11-9-18(10-12(2)19-11)7-3-4-13-5-6-15(17)14(16)8-13/h5-6,8,11-12H,7,9-10,17H2,1-2H3/t11-,12+. The predicted molar refractivity (Wildman–Crippen MR) is 79.2 cm³/mol. The van der Waals surface area contributed by atoms with Gasteiger partial charge in [-0.3, -0.25) is 4.90 Å². The molecule has 0 radical (unpaired) electrons. The van der Waals surface area contributed by atoms with Crippen LogP contribution in [0.4, 0.5) is 5.69 Å². The van der Waals surface area contributed by atoms with E-state index in [0.29, 0.717) is 10.7 Å². The monoisotopic (exact) mass is 278 g/mol. The summed E-state index contributed by atoms with van der Waals surface area (Å²) < 4.78 is 5.69. The van der Waals surface area contributed by atoms with Crippen molar-refractivity contribution < 1.29 is 4.74 Å². The molecule has 2 rings (SSSR count). The first kappa shape index (κ1) is 14.2. The molecule has 2 N–H and O–H groups in total. The van der Waals surface area contributed by atoms with E-state index in [1.165, 1.54) is 0 Å². The maximum absolute atomic E-state index is 5.96. The number of hydrogen-bond donors (Lipinski definition) is 1. The summed E-state index contributed by atoms with van der Waals surface area (Å²) in [6.07, 6.45) is 0.549. The fourth-order valence-electron chi connectivity index (χ4n) is 2.27. The molecule has 1 aromatic rings. The number of morpholine rings is 1. The molecule has 0 aliphatic carbocycles. The highest BCUT2D eigenvalue weighted by molar-refractivity contribution is 6.33. The minimum absolute atomic E-state index is 0.275. The van der Waals surface area contributed by atoms with Gasteiger partial charge in [0.15, 0.2) is 0 Å². The SMILES string of the molecule is C[C@@H]1CN(CC#Cc2ccc(N)c(Cl)c2)C[C@H](C)O1. The summed E-state index contributed by atoms with van der Waals surface area (Å²) in [7, 11) is 0. The van der Waals surface area contributed by atoms with Crippen LogP contribution in [0.1, 0.15) is 19.4 Å². The van der Waals surface area contributed by atoms with Gasteiger partial charge in [-0.15, -0.1) is 0 Å². The van der Waals surface area contributed by atoms with Crippen molar-refractivity contribution in [2.45, 2.75) is 26.1 Å². The third kappa shape index (κ3) is 4.14. The van der Waals surface area contributed by atoms with E-state index >= 15 is 0 Å². The van der Waals surface area contributed by atoms with Gasteiger partial charge in [-0.25, -0.2) is 0 Å². The molecule has 1 aromatic carbocycles. The lowest BCUT2D eigenvalue weighted by Crippen LogP contribution is -2.45. The quantitative estimate of drug-likeness (QED) is 0.633. The molecule has 0 spiro atoms. The number of nitrogens with zero attached hydrogens (tertiary/aromatic N) is 1. The Bertz CT molecular complexity index is 497. The number of benzene rings is 1. The summed E-state index contributed by atoms with van der Waals surface area (Å²) in [4.78, 5) is 2.31. The van der Waals surface area contributed by atoms with E-state index in [4.69, 9.17) is 22.1 Å². The molecule has 19 heavy (non-hydrogen) atoms. The molecule has 1 fully saturated rings. The van der Waals surface area contributed by atoms with Crippen LogP contribution in [0.15, 0.2) is 18.2 Å². The van der Waals surface area contributed by atoms with Crippen LogP contribution in [0.25, 0.3) is 0 Å². The Kier molecular flexibility index (Phi) is 4.71. The lowest BCUT2D eigenvalue weighted by atomic mass is 10.2. The molecule has 0 aromatic heterocycles. The highest BCUT2D eigenvalue weighted by Gasteiger charge is 2.20. The summed E-state index contributed by atoms with van der Waals surface area (Å²) in [5.74, 6) is 6.30. The second kappa shape index (κ2) is 6.29. The molecule has 3 nitrogen and oxygen atoms in total. The molecule has 0 saturated carbocycles. The lowest BCUT2D eigenvalue weighted by molar-refractivity contribution is -0.0640. The zero-order chi connectivity index (χ0) is 13.8. The number of rotatable bonds is 1. The Balaban J connectivity index is 1.95. The third-order valence-electron chi connectivity index (χ3n) is 3.03. The normalized spacial score (nSPS) is 23.7. The predicted octanol–water partition coefficient (Wildman–Crippen LogP) is 2.38. The van der Waals surface area contributed by atoms with Crippen molar-refractivity contribution >= 4 is 17.3 Å². The number of nitrogen functional groups attached to an aromatic ring is 1. The number of anilines is 1. The van der Waals surface area contributed by atoms with Crippen molar-refractivity contribution in [1.82, 2.24) is 4.90 Å². The van der Waals surface area contributed by atoms with Gasteiger partial charge in [-0.2, -0.15) is 0 Å². The highest BCUT2D eigenvalue weighted by Crippen LogP contribution is 2.19. The van der Waals surface area contributed by atoms with Gasteiger partial charge in [-0.05, 0) is 32.0 Å². The second-order valence-electron chi connectivity index (χ2n) is 4.99. The van der Waals surface area contributed by atoms with Gasteiger partial charge in [0.2, 0.25) is 0 Å². The topological polar surface area (TPSA) is 38.5 Å². The van der Waals surface area contributed by atoms with E-state index in [1.54, 1.807) is 12.1 Å². The van der Waals surface area contributed by atoms with Gasteiger partial charge < -0.3 is 10.5 Å². The Morgan fingerprint density at radius 1 is 1.37 bits per heavy atom. The molecule has 1 aliphatic heterocycles. The van der Waals surface area contributed by atoms with Crippen LogP contribution in [-0.4, -0.2) is 36.7 Å². The lowest BCUT2D eigenvalue weighted by Gasteiger charge is -2.34. The minimum atomic E-state index is 0.275. The zero-order valence-electron chi connectivity index (χ0n) is 11.3. The Morgan fingerprint density at radius 2 is 2.05 bits per heavy atom. The first-order valence-electron chi connectivity index (χ1n) is 6.46. The maximum Gasteiger partial charge on any atom is 0.0678 e. The van der Waals surface area contributed by atoms with E-state index in [2.05, 4.69) is 30.6 Å². The summed E-state index contributed by atoms with van der Waals surface area (Å²) in [5.41, 5.74) is 7.15. The first-order chi connectivity index (χ1) is 9.04. The number of hydrogen-bond acceptors (Lipinski definition) is 3. The first-order valence-corrected chi connectivity index (χ1v) is 6.84. The van der Waals surface area contributed by atoms with Crippen molar-refractivity contribution in [3.05, 3.63) is 28.8 Å². The van der Waals surface area contributed by atoms with Crippen LogP contribution in [-0.2, 0) is 4.74 Å². The molecular weight excluding hydrogens is 260 g/mol. The Morgan fingerprint density at radius 3 is 2.68 bits per heavy atom. The molecule has 102 valence electrons. The summed E-state index contributed by atoms with van der Waals surface area (Å²) >= 11 is 5.96. The van der Waals surface area contributed by atoms with Gasteiger partial charge in [0, 0.05) is 18.7 Å². The van der Waals surface area contributed by atoms with Crippen LogP contribution in [0, 0.1) is 11.8 Å². The number of nitrogens with two attached hydrogens (primary N) is 1. The molecule has 2 atom stereocenters. The zero-order valence-corrected chi connectivity index (χ0v) is 12.1. The van der Waals surface area contributed by atoms with Crippen molar-refractivity contribution in [2.24, 2.45) is 0 Å². The average molecular weight is 279 g/mol. The molecule has 1 saturated heterocycles. The van der Waals surface area contributed by atoms with Gasteiger partial charge in [0.25, 0.3) is 0 Å². The molecule has 0 unspecified atom stereocenters. The Labute approximate surface area is 119 Å². The van der Waals surface area contributed by atoms with Crippen molar-refractivity contribution in [2.75, 3.05) is 25.4 Å². The van der Waals surface area contributed by atoms with Crippen LogP contribution in [0.5, 0.6) is 0 Å². The fraction of sp³-hybridized carbons (Fsp3) is 0.467. The smallest absolute Gasteiger partial charge is 0.0678 e. The largest absolute Gasteiger partial charge is 0.398 e. The van der Waals surface area contributed by atoms with Gasteiger partial charge >= 0.3 is 0 Å². The number of ether oxygens (including phenoxy) is 1. The summed E-state index contributed by atoms with van der Waals surface area (Å²) in [5, 5.41) is 0.556. The van der Waals surface area contributed by atoms with Crippen molar-refractivity contribution in [3.63, 3.8) is 0 Å². The van der Waals surface area contributed by atoms with Gasteiger partial charge in [0.05, 0.1) is 29.5 Å². The molecule has 1 heterocycles. The fourth-order valence-corrected chi connectivity index (χ4v) is 2.45. The van der Waals surface area contributed by atoms with Gasteiger partial charge in [-0.1, -0.05) is 23.4 Å². The van der Waals surface area contributed by atoms with Crippen LogP contribution in [0.2, 0.25) is 5.02 Å². The van der Waals surface area contributed by atoms with Crippen LogP contribution in [0.3, 0.4) is 0 Å². The van der Waals surface area contributed by atoms with E-state index in [0.717, 1.165) is 25.2 Å². The molecule has 0 bridgehead atoms. The van der Waals surface area contributed by atoms with E-state index in [-0.39, 0.29) is 12.2 Å². The van der Waals surface area contributed by atoms with Crippen molar-refractivity contribution in [1.29, 1.82) is 0 Å².